The molecule has 1 saturated carbocycles. The molecule has 9 heteroatoms. The number of nitrogens with zero attached hydrogens (tertiary/aromatic N) is 5. The number of tetrazole rings is 1. The number of benzene rings is 1. The standard InChI is InChI=1S/C26H32N6O3/c1-17(2)24(25-28-29-30-32(25)16-22-9-6-12-35-22)31(20-7-4-5-8-20)15-19-13-18-10-11-21(34-3)14-23(18)27-26(19)33/h6,9-14,17,20,24H,4-5,7-8,15-16H2,1-3H3,(H,27,33). The SMILES string of the molecule is COc1ccc2cc(CN(C3CCCC3)C(c3nnnn3Cc3ccco3)C(C)C)c(=O)[nH]c2c1. The van der Waals surface area contributed by atoms with Crippen molar-refractivity contribution in [2.24, 2.45) is 5.92 Å². The van der Waals surface area contributed by atoms with Gasteiger partial charge in [0.25, 0.3) is 5.56 Å². The molecular formula is C26H32N6O3. The topological polar surface area (TPSA) is 102 Å². The van der Waals surface area contributed by atoms with Crippen molar-refractivity contribution in [3.63, 3.8) is 0 Å². The van der Waals surface area contributed by atoms with Crippen LogP contribution >= 0.6 is 0 Å². The minimum absolute atomic E-state index is 0.0472. The summed E-state index contributed by atoms with van der Waals surface area (Å²) in [5.41, 5.74) is 1.44. The zero-order valence-corrected chi connectivity index (χ0v) is 20.5. The number of aromatic amines is 1. The number of furan rings is 1. The van der Waals surface area contributed by atoms with Gasteiger partial charge in [0.2, 0.25) is 0 Å². The first kappa shape index (κ1) is 23.3. The van der Waals surface area contributed by atoms with Crippen molar-refractivity contribution in [1.29, 1.82) is 0 Å². The molecule has 1 N–H and O–H groups in total. The van der Waals surface area contributed by atoms with Gasteiger partial charge in [-0.2, -0.15) is 0 Å². The van der Waals surface area contributed by atoms with Gasteiger partial charge in [-0.05, 0) is 64.9 Å². The van der Waals surface area contributed by atoms with Gasteiger partial charge in [0.15, 0.2) is 5.82 Å². The molecule has 1 fully saturated rings. The maximum atomic E-state index is 13.2. The molecular weight excluding hydrogens is 444 g/mol. The molecule has 0 amide bonds. The first-order valence-corrected chi connectivity index (χ1v) is 12.3. The van der Waals surface area contributed by atoms with E-state index in [-0.39, 0.29) is 17.5 Å². The fraction of sp³-hybridized carbons (Fsp3) is 0.462. The quantitative estimate of drug-likeness (QED) is 0.384. The second-order valence-corrected chi connectivity index (χ2v) is 9.65. The van der Waals surface area contributed by atoms with E-state index in [2.05, 4.69) is 39.3 Å². The van der Waals surface area contributed by atoms with Crippen LogP contribution in [-0.2, 0) is 13.1 Å². The predicted molar refractivity (Wildman–Crippen MR) is 132 cm³/mol. The number of hydrogen-bond donors (Lipinski definition) is 1. The van der Waals surface area contributed by atoms with Gasteiger partial charge in [-0.1, -0.05) is 26.7 Å². The van der Waals surface area contributed by atoms with Crippen LogP contribution in [0.1, 0.15) is 62.7 Å². The molecule has 3 aromatic heterocycles. The van der Waals surface area contributed by atoms with Crippen LogP contribution in [0.4, 0.5) is 0 Å². The third-order valence-corrected chi connectivity index (χ3v) is 6.98. The summed E-state index contributed by atoms with van der Waals surface area (Å²) < 4.78 is 12.7. The second kappa shape index (κ2) is 10.0. The Labute approximate surface area is 204 Å². The monoisotopic (exact) mass is 476 g/mol. The van der Waals surface area contributed by atoms with E-state index in [0.29, 0.717) is 19.1 Å². The van der Waals surface area contributed by atoms with Gasteiger partial charge in [0.1, 0.15) is 18.1 Å². The van der Waals surface area contributed by atoms with Crippen molar-refractivity contribution in [2.75, 3.05) is 7.11 Å². The summed E-state index contributed by atoms with van der Waals surface area (Å²) in [4.78, 5) is 18.7. The molecule has 0 spiro atoms. The third kappa shape index (κ3) is 4.86. The van der Waals surface area contributed by atoms with Crippen molar-refractivity contribution < 1.29 is 9.15 Å². The molecule has 35 heavy (non-hydrogen) atoms. The second-order valence-electron chi connectivity index (χ2n) is 9.65. The summed E-state index contributed by atoms with van der Waals surface area (Å²) in [7, 11) is 1.62. The number of nitrogens with one attached hydrogen (secondary N) is 1. The predicted octanol–water partition coefficient (Wildman–Crippen LogP) is 4.31. The number of aromatic nitrogens is 5. The van der Waals surface area contributed by atoms with Crippen LogP contribution in [-0.4, -0.2) is 43.2 Å². The molecule has 1 atom stereocenters. The van der Waals surface area contributed by atoms with Gasteiger partial charge in [0, 0.05) is 24.2 Å². The van der Waals surface area contributed by atoms with Crippen LogP contribution in [0.5, 0.6) is 5.75 Å². The summed E-state index contributed by atoms with van der Waals surface area (Å²) in [5, 5.41) is 13.7. The fourth-order valence-electron chi connectivity index (χ4n) is 5.27. The van der Waals surface area contributed by atoms with E-state index < -0.39 is 0 Å². The Bertz CT molecular complexity index is 1320. The summed E-state index contributed by atoms with van der Waals surface area (Å²) in [6.07, 6.45) is 6.25. The van der Waals surface area contributed by atoms with E-state index in [0.717, 1.165) is 46.6 Å². The molecule has 1 aliphatic carbocycles. The van der Waals surface area contributed by atoms with Crippen LogP contribution in [0.25, 0.3) is 10.9 Å². The lowest BCUT2D eigenvalue weighted by Crippen LogP contribution is -2.41. The highest BCUT2D eigenvalue weighted by molar-refractivity contribution is 5.80. The van der Waals surface area contributed by atoms with Crippen LogP contribution in [0, 0.1) is 5.92 Å². The summed E-state index contributed by atoms with van der Waals surface area (Å²) >= 11 is 0. The summed E-state index contributed by atoms with van der Waals surface area (Å²) in [5.74, 6) is 2.55. The van der Waals surface area contributed by atoms with Crippen molar-refractivity contribution in [1.82, 2.24) is 30.1 Å². The Morgan fingerprint density at radius 3 is 2.77 bits per heavy atom. The molecule has 1 aromatic carbocycles. The summed E-state index contributed by atoms with van der Waals surface area (Å²) in [6, 6.07) is 11.9. The molecule has 0 saturated heterocycles. The van der Waals surface area contributed by atoms with E-state index in [4.69, 9.17) is 9.15 Å². The van der Waals surface area contributed by atoms with Crippen molar-refractivity contribution in [3.05, 3.63) is 70.2 Å². The normalized spacial score (nSPS) is 15.5. The van der Waals surface area contributed by atoms with E-state index in [1.54, 1.807) is 13.4 Å². The lowest BCUT2D eigenvalue weighted by Gasteiger charge is -2.37. The minimum Gasteiger partial charge on any atom is -0.497 e. The molecule has 0 bridgehead atoms. The van der Waals surface area contributed by atoms with E-state index in [1.807, 2.05) is 41.1 Å². The van der Waals surface area contributed by atoms with Crippen LogP contribution in [0.15, 0.2) is 51.9 Å². The molecule has 9 nitrogen and oxygen atoms in total. The Balaban J connectivity index is 1.52. The van der Waals surface area contributed by atoms with Gasteiger partial charge < -0.3 is 14.1 Å². The maximum absolute atomic E-state index is 13.2. The van der Waals surface area contributed by atoms with Gasteiger partial charge in [-0.15, -0.1) is 5.10 Å². The van der Waals surface area contributed by atoms with E-state index in [1.165, 1.54) is 12.8 Å². The average molecular weight is 477 g/mol. The number of H-pyrrole nitrogens is 1. The highest BCUT2D eigenvalue weighted by Gasteiger charge is 2.35. The summed E-state index contributed by atoms with van der Waals surface area (Å²) in [6.45, 7) is 5.37. The Morgan fingerprint density at radius 2 is 2.06 bits per heavy atom. The number of pyridine rings is 1. The Hall–Kier alpha value is -3.46. The molecule has 3 heterocycles. The molecule has 1 aliphatic rings. The number of rotatable bonds is 9. The van der Waals surface area contributed by atoms with Crippen molar-refractivity contribution >= 4 is 10.9 Å². The van der Waals surface area contributed by atoms with Crippen LogP contribution in [0.2, 0.25) is 0 Å². The molecule has 184 valence electrons. The first-order valence-electron chi connectivity index (χ1n) is 12.3. The lowest BCUT2D eigenvalue weighted by atomic mass is 9.97. The number of hydrogen-bond acceptors (Lipinski definition) is 7. The number of ether oxygens (including phenoxy) is 1. The molecule has 0 aliphatic heterocycles. The number of methoxy groups -OCH3 is 1. The molecule has 4 aromatic rings. The minimum atomic E-state index is -0.0774. The number of fused-ring (bicyclic) bond motifs is 1. The average Bonchev–Trinajstić information content (AvgIpc) is 3.63. The third-order valence-electron chi connectivity index (χ3n) is 6.98. The van der Waals surface area contributed by atoms with E-state index in [9.17, 15) is 4.79 Å². The zero-order chi connectivity index (χ0) is 24.4. The molecule has 0 radical (unpaired) electrons. The zero-order valence-electron chi connectivity index (χ0n) is 20.5. The van der Waals surface area contributed by atoms with Gasteiger partial charge in [-0.3, -0.25) is 9.69 Å². The van der Waals surface area contributed by atoms with Crippen molar-refractivity contribution in [3.8, 4) is 5.75 Å². The largest absolute Gasteiger partial charge is 0.497 e. The highest BCUT2D eigenvalue weighted by Crippen LogP contribution is 2.36. The van der Waals surface area contributed by atoms with Gasteiger partial charge >= 0.3 is 0 Å². The van der Waals surface area contributed by atoms with Gasteiger partial charge in [-0.25, -0.2) is 4.68 Å². The molecule has 5 rings (SSSR count). The Morgan fingerprint density at radius 1 is 1.23 bits per heavy atom. The molecule has 1 unspecified atom stereocenters. The first-order chi connectivity index (χ1) is 17.0. The Kier molecular flexibility index (Phi) is 6.68. The van der Waals surface area contributed by atoms with Crippen LogP contribution < -0.4 is 10.3 Å². The van der Waals surface area contributed by atoms with Crippen LogP contribution in [0.3, 0.4) is 0 Å². The fourth-order valence-corrected chi connectivity index (χ4v) is 5.27. The maximum Gasteiger partial charge on any atom is 0.252 e. The van der Waals surface area contributed by atoms with E-state index >= 15 is 0 Å². The van der Waals surface area contributed by atoms with Crippen molar-refractivity contribution in [2.45, 2.75) is 64.7 Å². The highest BCUT2D eigenvalue weighted by atomic mass is 16.5. The lowest BCUT2D eigenvalue weighted by molar-refractivity contribution is 0.0842. The smallest absolute Gasteiger partial charge is 0.252 e. The van der Waals surface area contributed by atoms with Gasteiger partial charge in [0.05, 0.1) is 24.9 Å².